The fraction of sp³-hybridized carbons (Fsp3) is 0.583. The summed E-state index contributed by atoms with van der Waals surface area (Å²) in [5.74, 6) is -6.68. The minimum atomic E-state index is -1.73. The molecule has 0 aliphatic carbocycles. The van der Waals surface area contributed by atoms with E-state index in [1.165, 1.54) is 0 Å². The molecule has 0 saturated heterocycles. The Kier molecular flexibility index (Phi) is 4.73. The molecular weight excluding hydrogens is 264 g/mol. The van der Waals surface area contributed by atoms with Crippen molar-refractivity contribution in [3.63, 3.8) is 0 Å². The molecule has 0 bridgehead atoms. The monoisotopic (exact) mass is 280 g/mol. The lowest BCUT2D eigenvalue weighted by atomic mass is 9.89. The maximum absolute atomic E-state index is 13.2. The fourth-order valence-corrected chi connectivity index (χ4v) is 1.64. The molecule has 1 atom stereocenters. The Morgan fingerprint density at radius 3 is 2.00 bits per heavy atom. The highest BCUT2D eigenvalue weighted by molar-refractivity contribution is 5.45. The number of nitrogens with one attached hydrogen (secondary N) is 1. The lowest BCUT2D eigenvalue weighted by Crippen LogP contribution is -2.26. The smallest absolute Gasteiger partial charge is 0.253 e. The van der Waals surface area contributed by atoms with Gasteiger partial charge in [0.2, 0.25) is 11.6 Å². The molecule has 0 saturated carbocycles. The largest absolute Gasteiger partial charge is 0.391 e. The van der Waals surface area contributed by atoms with E-state index in [9.17, 15) is 22.7 Å². The number of nitrogens with zero attached hydrogens (tertiary/aromatic N) is 1. The standard InChI is InChI=1S/C12H16F4N2O/c1-12(2,3)4-6(19)5-17-9-7(13)10(15)18-11(16)8(9)14/h6,19H,4-5H2,1-3H3,(H,17,18). The second kappa shape index (κ2) is 5.73. The van der Waals surface area contributed by atoms with Crippen molar-refractivity contribution in [3.05, 3.63) is 23.5 Å². The highest BCUT2D eigenvalue weighted by Crippen LogP contribution is 2.24. The van der Waals surface area contributed by atoms with E-state index in [-0.39, 0.29) is 12.0 Å². The van der Waals surface area contributed by atoms with Crippen molar-refractivity contribution in [1.29, 1.82) is 0 Å². The van der Waals surface area contributed by atoms with Crippen LogP contribution in [-0.4, -0.2) is 22.7 Å². The third-order valence-corrected chi connectivity index (χ3v) is 2.36. The van der Waals surface area contributed by atoms with Crippen molar-refractivity contribution in [2.45, 2.75) is 33.3 Å². The first kappa shape index (κ1) is 15.7. The highest BCUT2D eigenvalue weighted by atomic mass is 19.2. The molecular formula is C12H16F4N2O. The van der Waals surface area contributed by atoms with Crippen LogP contribution in [0.5, 0.6) is 0 Å². The lowest BCUT2D eigenvalue weighted by molar-refractivity contribution is 0.132. The Morgan fingerprint density at radius 2 is 1.58 bits per heavy atom. The molecule has 0 amide bonds. The summed E-state index contributed by atoms with van der Waals surface area (Å²) in [6, 6.07) is 0. The molecule has 7 heteroatoms. The van der Waals surface area contributed by atoms with Gasteiger partial charge in [0, 0.05) is 6.54 Å². The number of aromatic nitrogens is 1. The van der Waals surface area contributed by atoms with E-state index in [1.807, 2.05) is 20.8 Å². The molecule has 19 heavy (non-hydrogen) atoms. The van der Waals surface area contributed by atoms with Crippen molar-refractivity contribution in [2.75, 3.05) is 11.9 Å². The van der Waals surface area contributed by atoms with Crippen LogP contribution in [-0.2, 0) is 0 Å². The number of hydrogen-bond acceptors (Lipinski definition) is 3. The highest BCUT2D eigenvalue weighted by Gasteiger charge is 2.22. The van der Waals surface area contributed by atoms with Crippen LogP contribution in [0.3, 0.4) is 0 Å². The lowest BCUT2D eigenvalue weighted by Gasteiger charge is -2.23. The predicted octanol–water partition coefficient (Wildman–Crippen LogP) is 2.85. The summed E-state index contributed by atoms with van der Waals surface area (Å²) >= 11 is 0. The molecule has 0 aliphatic heterocycles. The van der Waals surface area contributed by atoms with Crippen LogP contribution < -0.4 is 5.32 Å². The average Bonchev–Trinajstić information content (AvgIpc) is 2.24. The van der Waals surface area contributed by atoms with E-state index >= 15 is 0 Å². The Balaban J connectivity index is 2.78. The fourth-order valence-electron chi connectivity index (χ4n) is 1.64. The summed E-state index contributed by atoms with van der Waals surface area (Å²) in [5.41, 5.74) is -1.15. The Labute approximate surface area is 108 Å². The summed E-state index contributed by atoms with van der Waals surface area (Å²) < 4.78 is 52.1. The van der Waals surface area contributed by atoms with Gasteiger partial charge in [-0.1, -0.05) is 20.8 Å². The Hall–Kier alpha value is -1.37. The van der Waals surface area contributed by atoms with Crippen molar-refractivity contribution in [3.8, 4) is 0 Å². The van der Waals surface area contributed by atoms with Crippen LogP contribution in [0.15, 0.2) is 0 Å². The number of aliphatic hydroxyl groups is 1. The Morgan fingerprint density at radius 1 is 1.11 bits per heavy atom. The van der Waals surface area contributed by atoms with Gasteiger partial charge < -0.3 is 10.4 Å². The van der Waals surface area contributed by atoms with Gasteiger partial charge >= 0.3 is 0 Å². The van der Waals surface area contributed by atoms with Gasteiger partial charge in [0.05, 0.1) is 6.10 Å². The van der Waals surface area contributed by atoms with Crippen LogP contribution in [0.4, 0.5) is 23.2 Å². The van der Waals surface area contributed by atoms with Crippen LogP contribution in [0.1, 0.15) is 27.2 Å². The summed E-state index contributed by atoms with van der Waals surface area (Å²) in [4.78, 5) is 2.43. The number of pyridine rings is 1. The number of hydrogen-bond donors (Lipinski definition) is 2. The maximum Gasteiger partial charge on any atom is 0.253 e. The van der Waals surface area contributed by atoms with E-state index < -0.39 is 35.3 Å². The van der Waals surface area contributed by atoms with Gasteiger partial charge in [-0.25, -0.2) is 0 Å². The van der Waals surface area contributed by atoms with E-state index in [0.29, 0.717) is 6.42 Å². The third-order valence-electron chi connectivity index (χ3n) is 2.36. The van der Waals surface area contributed by atoms with Gasteiger partial charge in [-0.2, -0.15) is 22.5 Å². The molecule has 0 radical (unpaired) electrons. The second-order valence-corrected chi connectivity index (χ2v) is 5.50. The zero-order chi connectivity index (χ0) is 14.8. The summed E-state index contributed by atoms with van der Waals surface area (Å²) in [7, 11) is 0. The topological polar surface area (TPSA) is 45.1 Å². The quantitative estimate of drug-likeness (QED) is 0.658. The number of rotatable bonds is 4. The zero-order valence-electron chi connectivity index (χ0n) is 10.9. The summed E-state index contributed by atoms with van der Waals surface area (Å²) in [5, 5.41) is 11.8. The first-order valence-electron chi connectivity index (χ1n) is 5.73. The number of anilines is 1. The molecule has 0 fully saturated rings. The van der Waals surface area contributed by atoms with Gasteiger partial charge in [-0.15, -0.1) is 0 Å². The van der Waals surface area contributed by atoms with Crippen LogP contribution in [0.2, 0.25) is 0 Å². The van der Waals surface area contributed by atoms with Gasteiger partial charge in [0.25, 0.3) is 11.9 Å². The molecule has 1 aromatic heterocycles. The molecule has 1 unspecified atom stereocenters. The molecule has 2 N–H and O–H groups in total. The Bertz CT molecular complexity index is 434. The van der Waals surface area contributed by atoms with Gasteiger partial charge in [0.15, 0.2) is 0 Å². The van der Waals surface area contributed by atoms with Crippen LogP contribution in [0, 0.1) is 28.9 Å². The van der Waals surface area contributed by atoms with Crippen molar-refractivity contribution in [1.82, 2.24) is 4.98 Å². The van der Waals surface area contributed by atoms with Crippen LogP contribution >= 0.6 is 0 Å². The predicted molar refractivity (Wildman–Crippen MR) is 62.6 cm³/mol. The van der Waals surface area contributed by atoms with Gasteiger partial charge in [0.1, 0.15) is 5.69 Å². The minimum Gasteiger partial charge on any atom is -0.391 e. The van der Waals surface area contributed by atoms with Crippen molar-refractivity contribution >= 4 is 5.69 Å². The molecule has 3 nitrogen and oxygen atoms in total. The van der Waals surface area contributed by atoms with Crippen molar-refractivity contribution < 1.29 is 22.7 Å². The van der Waals surface area contributed by atoms with Gasteiger partial charge in [-0.05, 0) is 11.8 Å². The molecule has 1 rings (SSSR count). The first-order valence-corrected chi connectivity index (χ1v) is 5.73. The maximum atomic E-state index is 13.2. The average molecular weight is 280 g/mol. The van der Waals surface area contributed by atoms with E-state index in [0.717, 1.165) is 0 Å². The zero-order valence-corrected chi connectivity index (χ0v) is 10.9. The molecule has 0 aromatic carbocycles. The minimum absolute atomic E-state index is 0.188. The van der Waals surface area contributed by atoms with Crippen LogP contribution in [0.25, 0.3) is 0 Å². The summed E-state index contributed by atoms with van der Waals surface area (Å²) in [6.45, 7) is 5.41. The number of aliphatic hydroxyl groups excluding tert-OH is 1. The summed E-state index contributed by atoms with van der Waals surface area (Å²) in [6.07, 6.45) is -0.544. The van der Waals surface area contributed by atoms with Gasteiger partial charge in [-0.3, -0.25) is 0 Å². The normalized spacial score (nSPS) is 13.5. The van der Waals surface area contributed by atoms with Crippen molar-refractivity contribution in [2.24, 2.45) is 5.41 Å². The molecule has 108 valence electrons. The molecule has 0 spiro atoms. The molecule has 0 aliphatic rings. The third kappa shape index (κ3) is 4.34. The van der Waals surface area contributed by atoms with E-state index in [2.05, 4.69) is 10.3 Å². The number of halogens is 4. The van der Waals surface area contributed by atoms with E-state index in [4.69, 9.17) is 0 Å². The SMILES string of the molecule is CC(C)(C)CC(O)CNc1c(F)c(F)nc(F)c1F. The second-order valence-electron chi connectivity index (χ2n) is 5.50. The molecule has 1 aromatic rings. The molecule has 1 heterocycles. The van der Waals surface area contributed by atoms with E-state index in [1.54, 1.807) is 0 Å². The first-order chi connectivity index (χ1) is 8.61.